The molecule has 0 spiro atoms. The van der Waals surface area contributed by atoms with Crippen molar-refractivity contribution in [2.24, 2.45) is 5.92 Å². The molecule has 5 aromatic rings. The summed E-state index contributed by atoms with van der Waals surface area (Å²) in [6, 6.07) is 32.1. The first-order valence-corrected chi connectivity index (χ1v) is 19.1. The summed E-state index contributed by atoms with van der Waals surface area (Å²) < 4.78 is 25.0. The number of ether oxygens (including phenoxy) is 3. The van der Waals surface area contributed by atoms with Gasteiger partial charge in [0.25, 0.3) is 0 Å². The van der Waals surface area contributed by atoms with E-state index in [9.17, 15) is 19.5 Å². The smallest absolute Gasteiger partial charge is 0.336 e. The highest BCUT2D eigenvalue weighted by molar-refractivity contribution is 5.90. The van der Waals surface area contributed by atoms with Gasteiger partial charge in [0.1, 0.15) is 16.9 Å². The molecular weight excluding hydrogens is 693 g/mol. The van der Waals surface area contributed by atoms with Crippen molar-refractivity contribution >= 4 is 22.9 Å². The van der Waals surface area contributed by atoms with E-state index in [-0.39, 0.29) is 23.5 Å². The van der Waals surface area contributed by atoms with Crippen LogP contribution in [0.2, 0.25) is 0 Å². The van der Waals surface area contributed by atoms with E-state index in [1.807, 2.05) is 19.9 Å². The van der Waals surface area contributed by atoms with Crippen molar-refractivity contribution in [1.29, 1.82) is 0 Å². The van der Waals surface area contributed by atoms with Gasteiger partial charge in [0.05, 0.1) is 12.2 Å². The van der Waals surface area contributed by atoms with Gasteiger partial charge < -0.3 is 23.7 Å². The number of aliphatic hydroxyl groups is 1. The number of hydrogen-bond acceptors (Lipinski definition) is 8. The van der Waals surface area contributed by atoms with Crippen LogP contribution in [0.15, 0.2) is 117 Å². The number of fused-ring (bicyclic) bond motifs is 13. The van der Waals surface area contributed by atoms with Crippen molar-refractivity contribution in [1.82, 2.24) is 0 Å². The lowest BCUT2D eigenvalue weighted by Crippen LogP contribution is -2.52. The topological polar surface area (TPSA) is 112 Å². The highest BCUT2D eigenvalue weighted by Crippen LogP contribution is 2.47. The Hall–Kier alpha value is -5.47. The van der Waals surface area contributed by atoms with Gasteiger partial charge in [-0.2, -0.15) is 0 Å². The van der Waals surface area contributed by atoms with Crippen molar-refractivity contribution < 1.29 is 33.3 Å². The van der Waals surface area contributed by atoms with Crippen molar-refractivity contribution in [2.75, 3.05) is 0 Å². The highest BCUT2D eigenvalue weighted by atomic mass is 16.6. The zero-order valence-corrected chi connectivity index (χ0v) is 31.9. The molecule has 0 saturated carbocycles. The minimum Gasteiger partial charge on any atom is -0.483 e. The summed E-state index contributed by atoms with van der Waals surface area (Å²) in [5.41, 5.74) is 6.21. The minimum absolute atomic E-state index is 0.0684. The summed E-state index contributed by atoms with van der Waals surface area (Å²) in [6.07, 6.45) is 1.96. The molecule has 55 heavy (non-hydrogen) atoms. The molecule has 0 radical (unpaired) electrons. The molecule has 8 heteroatoms. The lowest BCUT2D eigenvalue weighted by atomic mass is 9.86. The molecule has 3 unspecified atom stereocenters. The SMILES string of the molecule is CC(C)=C1CCc2ccc(cc2)CC(CCc2cccc(Cc3ccccc3)c2)CC(=O)OC2c3c(ccc4c(CO)cc(=O)oc34)OC(C)(C)C2OC1=O. The van der Waals surface area contributed by atoms with Crippen molar-refractivity contribution in [3.63, 3.8) is 0 Å². The number of esters is 2. The van der Waals surface area contributed by atoms with E-state index in [4.69, 9.17) is 18.6 Å². The van der Waals surface area contributed by atoms with Gasteiger partial charge in [-0.3, -0.25) is 4.79 Å². The second-order valence-electron chi connectivity index (χ2n) is 15.6. The number of allylic oxidation sites excluding steroid dienone is 1. The Bertz CT molecular complexity index is 2280. The van der Waals surface area contributed by atoms with E-state index >= 15 is 0 Å². The summed E-state index contributed by atoms with van der Waals surface area (Å²) in [5.74, 6) is -0.730. The van der Waals surface area contributed by atoms with Gasteiger partial charge in [-0.05, 0) is 118 Å². The quantitative estimate of drug-likeness (QED) is 0.105. The van der Waals surface area contributed by atoms with Gasteiger partial charge in [0, 0.05) is 23.4 Å². The number of aryl methyl sites for hydroxylation is 2. The van der Waals surface area contributed by atoms with Crippen LogP contribution in [0.25, 0.3) is 11.0 Å². The predicted molar refractivity (Wildman–Crippen MR) is 211 cm³/mol. The summed E-state index contributed by atoms with van der Waals surface area (Å²) in [5, 5.41) is 10.6. The largest absolute Gasteiger partial charge is 0.483 e. The second-order valence-corrected chi connectivity index (χ2v) is 15.6. The first kappa shape index (κ1) is 37.8. The molecule has 3 aliphatic rings. The van der Waals surface area contributed by atoms with E-state index in [0.29, 0.717) is 41.5 Å². The number of benzene rings is 4. The third kappa shape index (κ3) is 8.60. The standard InChI is InChI=1S/C47H48O8/c1-29(2)37-20-19-30-13-15-33(16-14-30)25-35(18-17-32-11-8-12-34(24-32)23-31-9-6-5-7-10-31)26-40(49)53-44-42-39(55-47(3,4)45(44)54-46(37)51)22-21-38-36(28-48)27-41(50)52-43(38)42/h5-16,21-22,24,27,35,44-45,48H,17-20,23,25-26,28H2,1-4H3. The maximum absolute atomic E-state index is 14.3. The predicted octanol–water partition coefficient (Wildman–Crippen LogP) is 8.71. The van der Waals surface area contributed by atoms with E-state index in [1.54, 1.807) is 26.0 Å². The molecule has 3 aliphatic heterocycles. The van der Waals surface area contributed by atoms with Crippen molar-refractivity contribution in [2.45, 2.75) is 97.1 Å². The molecule has 284 valence electrons. The van der Waals surface area contributed by atoms with Crippen molar-refractivity contribution in [3.05, 3.63) is 158 Å². The molecule has 1 aromatic heterocycles. The Balaban J connectivity index is 1.26. The second kappa shape index (κ2) is 16.1. The van der Waals surface area contributed by atoms with Crippen molar-refractivity contribution in [3.8, 4) is 5.75 Å². The van der Waals surface area contributed by atoms with E-state index in [1.165, 1.54) is 22.8 Å². The van der Waals surface area contributed by atoms with Crippen LogP contribution in [-0.4, -0.2) is 28.8 Å². The van der Waals surface area contributed by atoms with Gasteiger partial charge in [0.15, 0.2) is 12.2 Å². The average molecular weight is 741 g/mol. The molecule has 3 atom stereocenters. The van der Waals surface area contributed by atoms with Crippen LogP contribution in [0.4, 0.5) is 0 Å². The van der Waals surface area contributed by atoms with Crippen LogP contribution >= 0.6 is 0 Å². The number of hydrogen-bond donors (Lipinski definition) is 1. The zero-order chi connectivity index (χ0) is 38.7. The Kier molecular flexibility index (Phi) is 11.1. The molecule has 2 bridgehead atoms. The molecule has 4 aromatic carbocycles. The highest BCUT2D eigenvalue weighted by Gasteiger charge is 2.50. The van der Waals surface area contributed by atoms with Gasteiger partial charge in [-0.1, -0.05) is 84.4 Å². The van der Waals surface area contributed by atoms with E-state index in [0.717, 1.165) is 36.0 Å². The van der Waals surface area contributed by atoms with Gasteiger partial charge in [-0.15, -0.1) is 0 Å². The maximum Gasteiger partial charge on any atom is 0.336 e. The fourth-order valence-corrected chi connectivity index (χ4v) is 7.95. The van der Waals surface area contributed by atoms with Crippen LogP contribution in [-0.2, 0) is 51.4 Å². The Labute approximate surface area is 321 Å². The third-order valence-electron chi connectivity index (χ3n) is 10.9. The summed E-state index contributed by atoms with van der Waals surface area (Å²) in [6.45, 7) is 6.93. The fourth-order valence-electron chi connectivity index (χ4n) is 7.95. The Morgan fingerprint density at radius 3 is 2.25 bits per heavy atom. The van der Waals surface area contributed by atoms with E-state index < -0.39 is 42.0 Å². The lowest BCUT2D eigenvalue weighted by molar-refractivity contribution is -0.188. The minimum atomic E-state index is -1.17. The van der Waals surface area contributed by atoms with Crippen LogP contribution in [0.5, 0.6) is 5.75 Å². The van der Waals surface area contributed by atoms with Crippen LogP contribution < -0.4 is 10.4 Å². The summed E-state index contributed by atoms with van der Waals surface area (Å²) in [7, 11) is 0. The number of rotatable bonds is 6. The first-order valence-electron chi connectivity index (χ1n) is 19.1. The molecular formula is C47H48O8. The van der Waals surface area contributed by atoms with E-state index in [2.05, 4.69) is 72.8 Å². The molecule has 4 heterocycles. The molecule has 1 N–H and O–H groups in total. The monoisotopic (exact) mass is 740 g/mol. The summed E-state index contributed by atoms with van der Waals surface area (Å²) in [4.78, 5) is 41.2. The van der Waals surface area contributed by atoms with Gasteiger partial charge >= 0.3 is 17.6 Å². The van der Waals surface area contributed by atoms with Crippen LogP contribution in [0.3, 0.4) is 0 Å². The van der Waals surface area contributed by atoms with Gasteiger partial charge in [-0.25, -0.2) is 9.59 Å². The Morgan fingerprint density at radius 1 is 0.782 bits per heavy atom. The molecule has 8 rings (SSSR count). The molecule has 0 fully saturated rings. The number of carbonyl (C=O) groups excluding carboxylic acids is 2. The molecule has 0 aliphatic carbocycles. The summed E-state index contributed by atoms with van der Waals surface area (Å²) >= 11 is 0. The number of carbonyl (C=O) groups is 2. The average Bonchev–Trinajstić information content (AvgIpc) is 3.15. The normalized spacial score (nSPS) is 19.9. The molecule has 8 nitrogen and oxygen atoms in total. The zero-order valence-electron chi connectivity index (χ0n) is 31.9. The fraction of sp³-hybridized carbons (Fsp3) is 0.340. The lowest BCUT2D eigenvalue weighted by Gasteiger charge is -2.43. The van der Waals surface area contributed by atoms with Gasteiger partial charge in [0.2, 0.25) is 0 Å². The third-order valence-corrected chi connectivity index (χ3v) is 10.9. The first-order chi connectivity index (χ1) is 26.5. The molecule has 0 saturated heterocycles. The van der Waals surface area contributed by atoms with Crippen LogP contribution in [0, 0.1) is 5.92 Å². The maximum atomic E-state index is 14.3. The Morgan fingerprint density at radius 2 is 1.51 bits per heavy atom. The molecule has 0 amide bonds. The van der Waals surface area contributed by atoms with Crippen LogP contribution in [0.1, 0.15) is 92.0 Å². The number of aliphatic hydroxyl groups excluding tert-OH is 1.